The van der Waals surface area contributed by atoms with Crippen LogP contribution >= 0.6 is 0 Å². The van der Waals surface area contributed by atoms with Crippen LogP contribution in [0.5, 0.6) is 5.75 Å². The Balaban J connectivity index is 1.54. The first-order valence-electron chi connectivity index (χ1n) is 9.45. The lowest BCUT2D eigenvalue weighted by atomic mass is 10.0. The summed E-state index contributed by atoms with van der Waals surface area (Å²) in [6, 6.07) is 15.1. The van der Waals surface area contributed by atoms with Gasteiger partial charge in [0.25, 0.3) is 5.91 Å². The van der Waals surface area contributed by atoms with Crippen LogP contribution in [0.3, 0.4) is 0 Å². The molecule has 0 aromatic heterocycles. The summed E-state index contributed by atoms with van der Waals surface area (Å²) >= 11 is 0. The van der Waals surface area contributed by atoms with Gasteiger partial charge in [0.1, 0.15) is 17.1 Å². The van der Waals surface area contributed by atoms with Gasteiger partial charge in [0, 0.05) is 6.54 Å². The van der Waals surface area contributed by atoms with Crippen LogP contribution in [0.2, 0.25) is 0 Å². The smallest absolute Gasteiger partial charge is 0.327 e. The van der Waals surface area contributed by atoms with E-state index in [1.807, 2.05) is 30.3 Å². The zero-order chi connectivity index (χ0) is 20.1. The van der Waals surface area contributed by atoms with Crippen molar-refractivity contribution in [3.05, 3.63) is 66.0 Å². The van der Waals surface area contributed by atoms with E-state index in [1.54, 1.807) is 30.9 Å². The Morgan fingerprint density at radius 2 is 1.64 bits per heavy atom. The third-order valence-electron chi connectivity index (χ3n) is 4.95. The van der Waals surface area contributed by atoms with Crippen LogP contribution in [-0.2, 0) is 11.3 Å². The average molecular weight is 384 g/mol. The second kappa shape index (κ2) is 8.42. The molecule has 1 fully saturated rings. The molecule has 2 aromatic carbocycles. The normalized spacial score (nSPS) is 16.0. The van der Waals surface area contributed by atoms with Gasteiger partial charge in [-0.3, -0.25) is 9.69 Å². The predicted octanol–water partition coefficient (Wildman–Crippen LogP) is 4.23. The maximum absolute atomic E-state index is 13.1. The third kappa shape index (κ3) is 4.32. The van der Waals surface area contributed by atoms with Gasteiger partial charge in [-0.15, -0.1) is 0 Å². The Morgan fingerprint density at radius 1 is 0.964 bits per heavy atom. The number of halogens is 1. The van der Waals surface area contributed by atoms with Crippen LogP contribution in [0, 0.1) is 5.82 Å². The number of imide groups is 1. The summed E-state index contributed by atoms with van der Waals surface area (Å²) in [7, 11) is 0. The minimum atomic E-state index is -0.891. The van der Waals surface area contributed by atoms with Crippen LogP contribution in [0.15, 0.2) is 54.6 Å². The lowest BCUT2D eigenvalue weighted by Gasteiger charge is -2.27. The molecule has 0 saturated carbocycles. The van der Waals surface area contributed by atoms with Crippen LogP contribution in [-0.4, -0.2) is 40.4 Å². The van der Waals surface area contributed by atoms with Crippen LogP contribution in [0.1, 0.15) is 32.3 Å². The maximum atomic E-state index is 13.1. The summed E-state index contributed by atoms with van der Waals surface area (Å²) < 4.78 is 18.8. The molecule has 0 atom stereocenters. The average Bonchev–Trinajstić information content (AvgIpc) is 2.84. The summed E-state index contributed by atoms with van der Waals surface area (Å²) in [6.45, 7) is 4.71. The van der Waals surface area contributed by atoms with Crippen molar-refractivity contribution in [3.63, 3.8) is 0 Å². The van der Waals surface area contributed by atoms with Gasteiger partial charge in [0.15, 0.2) is 0 Å². The first kappa shape index (κ1) is 19.9. The number of carbonyl (C=O) groups excluding carboxylic acids is 2. The molecule has 0 aliphatic carbocycles. The van der Waals surface area contributed by atoms with Crippen LogP contribution in [0.4, 0.5) is 9.18 Å². The summed E-state index contributed by atoms with van der Waals surface area (Å²) in [5.41, 5.74) is -0.172. The SMILES string of the molecule is CC1(C)C(=O)N(Cc2ccc(F)cc2)C(=O)N1CCCCOc1ccccc1. The molecule has 5 nitrogen and oxygen atoms in total. The molecule has 1 heterocycles. The molecule has 0 bridgehead atoms. The second-order valence-corrected chi connectivity index (χ2v) is 7.38. The largest absolute Gasteiger partial charge is 0.494 e. The van der Waals surface area contributed by atoms with E-state index in [2.05, 4.69) is 0 Å². The van der Waals surface area contributed by atoms with Gasteiger partial charge in [-0.2, -0.15) is 0 Å². The first-order chi connectivity index (χ1) is 13.4. The van der Waals surface area contributed by atoms with Gasteiger partial charge in [-0.05, 0) is 56.5 Å². The molecule has 1 aliphatic heterocycles. The Morgan fingerprint density at radius 3 is 2.32 bits per heavy atom. The van der Waals surface area contributed by atoms with Crippen molar-refractivity contribution in [2.24, 2.45) is 0 Å². The van der Waals surface area contributed by atoms with Gasteiger partial charge in [-0.1, -0.05) is 30.3 Å². The van der Waals surface area contributed by atoms with Crippen LogP contribution < -0.4 is 4.74 Å². The Bertz CT molecular complexity index is 821. The molecule has 148 valence electrons. The standard InChI is InChI=1S/C22H25FN2O3/c1-22(2)20(26)24(16-17-10-12-18(23)13-11-17)21(27)25(22)14-6-7-15-28-19-8-4-3-5-9-19/h3-5,8-13H,6-7,14-16H2,1-2H3. The fraction of sp³-hybridized carbons (Fsp3) is 0.364. The van der Waals surface area contributed by atoms with E-state index in [9.17, 15) is 14.0 Å². The monoisotopic (exact) mass is 384 g/mol. The number of hydrogen-bond donors (Lipinski definition) is 0. The Labute approximate surface area is 164 Å². The molecule has 0 unspecified atom stereocenters. The Hall–Kier alpha value is -2.89. The van der Waals surface area contributed by atoms with Crippen molar-refractivity contribution < 1.29 is 18.7 Å². The zero-order valence-electron chi connectivity index (χ0n) is 16.2. The molecule has 2 aromatic rings. The lowest BCUT2D eigenvalue weighted by molar-refractivity contribution is -0.132. The highest BCUT2D eigenvalue weighted by Gasteiger charge is 2.50. The number of para-hydroxylation sites is 1. The number of benzene rings is 2. The number of rotatable bonds is 8. The molecule has 0 spiro atoms. The molecule has 3 rings (SSSR count). The summed E-state index contributed by atoms with van der Waals surface area (Å²) in [5.74, 6) is 0.241. The van der Waals surface area contributed by atoms with Crippen LogP contribution in [0.25, 0.3) is 0 Å². The van der Waals surface area contributed by atoms with Crippen molar-refractivity contribution in [3.8, 4) is 5.75 Å². The van der Waals surface area contributed by atoms with Crippen molar-refractivity contribution in [2.75, 3.05) is 13.2 Å². The summed E-state index contributed by atoms with van der Waals surface area (Å²) in [4.78, 5) is 28.4. The van der Waals surface area contributed by atoms with Crippen molar-refractivity contribution >= 4 is 11.9 Å². The van der Waals surface area contributed by atoms with E-state index >= 15 is 0 Å². The number of unbranched alkanes of at least 4 members (excludes halogenated alkanes) is 1. The van der Waals surface area contributed by atoms with Crippen molar-refractivity contribution in [2.45, 2.75) is 38.8 Å². The van der Waals surface area contributed by atoms with E-state index in [0.29, 0.717) is 13.2 Å². The zero-order valence-corrected chi connectivity index (χ0v) is 16.2. The number of nitrogens with zero attached hydrogens (tertiary/aromatic N) is 2. The number of hydrogen-bond acceptors (Lipinski definition) is 3. The van der Waals surface area contributed by atoms with Gasteiger partial charge in [0.05, 0.1) is 13.2 Å². The van der Waals surface area contributed by atoms with E-state index in [4.69, 9.17) is 4.74 Å². The molecule has 1 aliphatic rings. The quantitative estimate of drug-likeness (QED) is 0.506. The van der Waals surface area contributed by atoms with E-state index in [-0.39, 0.29) is 24.3 Å². The molecule has 3 amide bonds. The lowest BCUT2D eigenvalue weighted by Crippen LogP contribution is -2.44. The number of carbonyl (C=O) groups is 2. The van der Waals surface area contributed by atoms with Crippen molar-refractivity contribution in [1.29, 1.82) is 0 Å². The van der Waals surface area contributed by atoms with E-state index in [0.717, 1.165) is 24.2 Å². The molecule has 1 saturated heterocycles. The Kier molecular flexibility index (Phi) is 5.97. The van der Waals surface area contributed by atoms with E-state index < -0.39 is 5.54 Å². The minimum absolute atomic E-state index is 0.148. The molecule has 0 N–H and O–H groups in total. The minimum Gasteiger partial charge on any atom is -0.494 e. The van der Waals surface area contributed by atoms with Gasteiger partial charge in [0.2, 0.25) is 0 Å². The fourth-order valence-electron chi connectivity index (χ4n) is 3.28. The molecular weight excluding hydrogens is 359 g/mol. The van der Waals surface area contributed by atoms with Gasteiger partial charge < -0.3 is 9.64 Å². The van der Waals surface area contributed by atoms with Gasteiger partial charge >= 0.3 is 6.03 Å². The number of amides is 3. The molecule has 0 radical (unpaired) electrons. The fourth-order valence-corrected chi connectivity index (χ4v) is 3.28. The topological polar surface area (TPSA) is 49.9 Å². The van der Waals surface area contributed by atoms with E-state index in [1.165, 1.54) is 17.0 Å². The van der Waals surface area contributed by atoms with Crippen molar-refractivity contribution in [1.82, 2.24) is 9.80 Å². The predicted molar refractivity (Wildman–Crippen MR) is 104 cm³/mol. The number of urea groups is 1. The summed E-state index contributed by atoms with van der Waals surface area (Å²) in [6.07, 6.45) is 1.51. The summed E-state index contributed by atoms with van der Waals surface area (Å²) in [5, 5.41) is 0. The first-order valence-corrected chi connectivity index (χ1v) is 9.45. The van der Waals surface area contributed by atoms with Gasteiger partial charge in [-0.25, -0.2) is 9.18 Å². The molecule has 6 heteroatoms. The highest BCUT2D eigenvalue weighted by atomic mass is 19.1. The third-order valence-corrected chi connectivity index (χ3v) is 4.95. The molecule has 28 heavy (non-hydrogen) atoms. The highest BCUT2D eigenvalue weighted by molar-refractivity contribution is 6.06. The second-order valence-electron chi connectivity index (χ2n) is 7.38. The number of ether oxygens (including phenoxy) is 1. The molecular formula is C22H25FN2O3. The maximum Gasteiger partial charge on any atom is 0.327 e. The highest BCUT2D eigenvalue weighted by Crippen LogP contribution is 2.29.